The van der Waals surface area contributed by atoms with Gasteiger partial charge in [-0.25, -0.2) is 13.6 Å². The molecule has 0 heterocycles. The molecule has 0 fully saturated rings. The number of carbonyl (C=O) groups excluding carboxylic acids is 1. The molecule has 4 N–H and O–H groups in total. The maximum absolute atomic E-state index is 13.4. The fourth-order valence-corrected chi connectivity index (χ4v) is 1.89. The van der Waals surface area contributed by atoms with Gasteiger partial charge in [-0.15, -0.1) is 0 Å². The lowest BCUT2D eigenvalue weighted by atomic mass is 9.82. The Bertz CT molecular complexity index is 453. The Morgan fingerprint density at radius 2 is 1.95 bits per heavy atom. The smallest absolute Gasteiger partial charge is 0.319 e. The van der Waals surface area contributed by atoms with E-state index in [1.807, 2.05) is 13.8 Å². The zero-order chi connectivity index (χ0) is 15.2. The molecule has 0 atom stereocenters. The number of hydrogen-bond acceptors (Lipinski definition) is 2. The predicted octanol–water partition coefficient (Wildman–Crippen LogP) is 2.85. The molecular formula is C14H21F2N3O. The summed E-state index contributed by atoms with van der Waals surface area (Å²) in [6.07, 6.45) is 1.68. The van der Waals surface area contributed by atoms with Crippen molar-refractivity contribution in [1.82, 2.24) is 5.32 Å². The first-order valence-corrected chi connectivity index (χ1v) is 6.66. The van der Waals surface area contributed by atoms with Crippen LogP contribution in [0.4, 0.5) is 19.3 Å². The lowest BCUT2D eigenvalue weighted by Gasteiger charge is -2.30. The zero-order valence-corrected chi connectivity index (χ0v) is 11.8. The van der Waals surface area contributed by atoms with Crippen LogP contribution >= 0.6 is 0 Å². The van der Waals surface area contributed by atoms with Crippen LogP contribution < -0.4 is 16.4 Å². The molecule has 0 aliphatic rings. The molecule has 0 bridgehead atoms. The van der Waals surface area contributed by atoms with E-state index in [4.69, 9.17) is 5.73 Å². The third-order valence-electron chi connectivity index (χ3n) is 3.74. The highest BCUT2D eigenvalue weighted by atomic mass is 19.1. The van der Waals surface area contributed by atoms with E-state index in [2.05, 4.69) is 10.6 Å². The van der Waals surface area contributed by atoms with Gasteiger partial charge in [-0.2, -0.15) is 0 Å². The second-order valence-corrected chi connectivity index (χ2v) is 4.84. The number of benzene rings is 1. The molecule has 1 aromatic rings. The highest BCUT2D eigenvalue weighted by Crippen LogP contribution is 2.23. The zero-order valence-electron chi connectivity index (χ0n) is 11.8. The minimum Gasteiger partial charge on any atom is -0.337 e. The summed E-state index contributed by atoms with van der Waals surface area (Å²) in [5, 5.41) is 5.03. The van der Waals surface area contributed by atoms with Crippen molar-refractivity contribution in [2.24, 2.45) is 11.1 Å². The van der Waals surface area contributed by atoms with E-state index >= 15 is 0 Å². The minimum atomic E-state index is -0.809. The van der Waals surface area contributed by atoms with E-state index in [0.717, 1.165) is 25.0 Å². The lowest BCUT2D eigenvalue weighted by Crippen LogP contribution is -2.43. The van der Waals surface area contributed by atoms with Crippen LogP contribution in [-0.4, -0.2) is 19.1 Å². The summed E-state index contributed by atoms with van der Waals surface area (Å²) in [4.78, 5) is 11.7. The molecule has 2 amide bonds. The second-order valence-electron chi connectivity index (χ2n) is 4.84. The Kier molecular flexibility index (Phi) is 5.88. The molecule has 112 valence electrons. The van der Waals surface area contributed by atoms with Gasteiger partial charge < -0.3 is 16.4 Å². The molecule has 4 nitrogen and oxygen atoms in total. The van der Waals surface area contributed by atoms with E-state index in [1.165, 1.54) is 6.07 Å². The minimum absolute atomic E-state index is 0.0600. The van der Waals surface area contributed by atoms with Gasteiger partial charge in [0, 0.05) is 12.6 Å². The molecule has 0 unspecified atom stereocenters. The van der Waals surface area contributed by atoms with Crippen LogP contribution in [0.5, 0.6) is 0 Å². The number of rotatable bonds is 6. The molecule has 0 saturated heterocycles. The van der Waals surface area contributed by atoms with Crippen LogP contribution in [0, 0.1) is 17.0 Å². The summed E-state index contributed by atoms with van der Waals surface area (Å²) < 4.78 is 26.1. The molecule has 1 aromatic carbocycles. The first kappa shape index (κ1) is 16.4. The molecule has 20 heavy (non-hydrogen) atoms. The molecule has 0 aliphatic carbocycles. The van der Waals surface area contributed by atoms with Gasteiger partial charge in [-0.3, -0.25) is 0 Å². The van der Waals surface area contributed by atoms with Gasteiger partial charge in [-0.05, 0) is 36.9 Å². The van der Waals surface area contributed by atoms with Crippen molar-refractivity contribution < 1.29 is 13.6 Å². The fourth-order valence-electron chi connectivity index (χ4n) is 1.89. The summed E-state index contributed by atoms with van der Waals surface area (Å²) in [6.45, 7) is 4.89. The van der Waals surface area contributed by atoms with E-state index in [9.17, 15) is 13.6 Å². The second kappa shape index (κ2) is 7.19. The summed E-state index contributed by atoms with van der Waals surface area (Å²) in [5.74, 6) is -1.50. The van der Waals surface area contributed by atoms with Crippen molar-refractivity contribution >= 4 is 11.7 Å². The van der Waals surface area contributed by atoms with Crippen LogP contribution in [-0.2, 0) is 0 Å². The van der Waals surface area contributed by atoms with Crippen molar-refractivity contribution in [3.63, 3.8) is 0 Å². The number of amides is 2. The molecule has 6 heteroatoms. The Morgan fingerprint density at radius 3 is 2.45 bits per heavy atom. The van der Waals surface area contributed by atoms with Crippen molar-refractivity contribution in [3.05, 3.63) is 29.8 Å². The third-order valence-corrected chi connectivity index (χ3v) is 3.74. The maximum atomic E-state index is 13.4. The average Bonchev–Trinajstić information content (AvgIpc) is 2.44. The quantitative estimate of drug-likeness (QED) is 0.752. The number of carbonyl (C=O) groups is 1. The van der Waals surface area contributed by atoms with Crippen LogP contribution in [0.1, 0.15) is 26.7 Å². The van der Waals surface area contributed by atoms with Gasteiger partial charge in [0.15, 0.2) is 0 Å². The number of hydrogen-bond donors (Lipinski definition) is 3. The number of urea groups is 1. The maximum Gasteiger partial charge on any atom is 0.319 e. The molecule has 0 aromatic heterocycles. The number of halogens is 2. The number of nitrogens with one attached hydrogen (secondary N) is 2. The fraction of sp³-hybridized carbons (Fsp3) is 0.500. The van der Waals surface area contributed by atoms with E-state index in [1.54, 1.807) is 0 Å². The standard InChI is InChI=1S/C14H21F2N3O/c1-3-14(4-2,8-17)9-18-13(20)19-12-6-5-10(15)7-11(12)16/h5-7H,3-4,8-9,17H2,1-2H3,(H2,18,19,20). The van der Waals surface area contributed by atoms with Gasteiger partial charge in [0.25, 0.3) is 0 Å². The Hall–Kier alpha value is -1.69. The highest BCUT2D eigenvalue weighted by Gasteiger charge is 2.25. The molecular weight excluding hydrogens is 264 g/mol. The average molecular weight is 285 g/mol. The first-order valence-electron chi connectivity index (χ1n) is 6.66. The number of nitrogens with two attached hydrogens (primary N) is 1. The largest absolute Gasteiger partial charge is 0.337 e. The normalized spacial score (nSPS) is 11.2. The summed E-state index contributed by atoms with van der Waals surface area (Å²) in [7, 11) is 0. The van der Waals surface area contributed by atoms with Crippen molar-refractivity contribution in [2.75, 3.05) is 18.4 Å². The van der Waals surface area contributed by atoms with Gasteiger partial charge in [0.1, 0.15) is 11.6 Å². The van der Waals surface area contributed by atoms with Gasteiger partial charge in [0.2, 0.25) is 0 Å². The van der Waals surface area contributed by atoms with E-state index < -0.39 is 17.7 Å². The molecule has 1 rings (SSSR count). The Balaban J connectivity index is 2.60. The van der Waals surface area contributed by atoms with Crippen LogP contribution in [0.3, 0.4) is 0 Å². The lowest BCUT2D eigenvalue weighted by molar-refractivity contribution is 0.232. The van der Waals surface area contributed by atoms with Gasteiger partial charge in [0.05, 0.1) is 5.69 Å². The first-order chi connectivity index (χ1) is 9.46. The van der Waals surface area contributed by atoms with Gasteiger partial charge in [-0.1, -0.05) is 13.8 Å². The molecule has 0 saturated carbocycles. The SMILES string of the molecule is CCC(CC)(CN)CNC(=O)Nc1ccc(F)cc1F. The topological polar surface area (TPSA) is 67.1 Å². The Morgan fingerprint density at radius 1 is 1.30 bits per heavy atom. The molecule has 0 aliphatic heterocycles. The summed E-state index contributed by atoms with van der Waals surface area (Å²) in [6, 6.07) is 2.45. The summed E-state index contributed by atoms with van der Waals surface area (Å²) in [5.41, 5.74) is 5.52. The summed E-state index contributed by atoms with van der Waals surface area (Å²) >= 11 is 0. The number of anilines is 1. The van der Waals surface area contributed by atoms with Crippen molar-refractivity contribution in [1.29, 1.82) is 0 Å². The van der Waals surface area contributed by atoms with Crippen LogP contribution in [0.15, 0.2) is 18.2 Å². The van der Waals surface area contributed by atoms with Crippen LogP contribution in [0.2, 0.25) is 0 Å². The van der Waals surface area contributed by atoms with E-state index in [0.29, 0.717) is 13.1 Å². The van der Waals surface area contributed by atoms with Crippen molar-refractivity contribution in [2.45, 2.75) is 26.7 Å². The van der Waals surface area contributed by atoms with Crippen molar-refractivity contribution in [3.8, 4) is 0 Å². The molecule has 0 spiro atoms. The van der Waals surface area contributed by atoms with Gasteiger partial charge >= 0.3 is 6.03 Å². The Labute approximate surface area is 117 Å². The third kappa shape index (κ3) is 4.16. The molecule has 0 radical (unpaired) electrons. The van der Waals surface area contributed by atoms with Crippen LogP contribution in [0.25, 0.3) is 0 Å². The monoisotopic (exact) mass is 285 g/mol. The van der Waals surface area contributed by atoms with E-state index in [-0.39, 0.29) is 11.1 Å². The highest BCUT2D eigenvalue weighted by molar-refractivity contribution is 5.89. The predicted molar refractivity (Wildman–Crippen MR) is 75.4 cm³/mol.